The van der Waals surface area contributed by atoms with E-state index in [-0.39, 0.29) is 23.0 Å². The second kappa shape index (κ2) is 12.6. The van der Waals surface area contributed by atoms with Crippen LogP contribution in [0.15, 0.2) is 83.8 Å². The van der Waals surface area contributed by atoms with Gasteiger partial charge in [0.2, 0.25) is 11.8 Å². The van der Waals surface area contributed by atoms with E-state index in [2.05, 4.69) is 5.32 Å². The van der Waals surface area contributed by atoms with Crippen LogP contribution in [0.1, 0.15) is 19.4 Å². The molecule has 196 valence electrons. The molecule has 1 unspecified atom stereocenters. The molecule has 0 radical (unpaired) electrons. The van der Waals surface area contributed by atoms with Crippen molar-refractivity contribution in [2.75, 3.05) is 24.5 Å². The molecule has 3 aromatic rings. The molecule has 1 atom stereocenters. The molecular formula is C27H30ClN3O5S. The van der Waals surface area contributed by atoms with Gasteiger partial charge in [-0.3, -0.25) is 13.9 Å². The molecule has 3 aromatic carbocycles. The topological polar surface area (TPSA) is 96.0 Å². The van der Waals surface area contributed by atoms with E-state index in [4.69, 9.17) is 16.3 Å². The first-order valence-corrected chi connectivity index (χ1v) is 13.6. The Morgan fingerprint density at radius 1 is 0.973 bits per heavy atom. The average molecular weight is 544 g/mol. The lowest BCUT2D eigenvalue weighted by molar-refractivity contribution is -0.139. The number of nitrogens with zero attached hydrogens (tertiary/aromatic N) is 2. The van der Waals surface area contributed by atoms with Crippen molar-refractivity contribution in [1.29, 1.82) is 0 Å². The predicted molar refractivity (Wildman–Crippen MR) is 144 cm³/mol. The molecule has 2 amide bonds. The number of halogens is 1. The first-order valence-electron chi connectivity index (χ1n) is 11.7. The maximum atomic E-state index is 13.7. The SMILES string of the molecule is CCOc1ccc(N(CC(=O)N(Cc2ccccc2Cl)C(C)C(=O)NC)S(=O)(=O)c2ccccc2)cc1. The van der Waals surface area contributed by atoms with Gasteiger partial charge >= 0.3 is 0 Å². The van der Waals surface area contributed by atoms with Crippen LogP contribution in [0.2, 0.25) is 5.02 Å². The number of hydrogen-bond acceptors (Lipinski definition) is 5. The largest absolute Gasteiger partial charge is 0.494 e. The Hall–Kier alpha value is -3.56. The number of likely N-dealkylation sites (N-methyl/N-ethyl adjacent to an activating group) is 1. The van der Waals surface area contributed by atoms with Crippen molar-refractivity contribution in [3.05, 3.63) is 89.4 Å². The number of carbonyl (C=O) groups excluding carboxylic acids is 2. The van der Waals surface area contributed by atoms with Crippen LogP contribution in [0.3, 0.4) is 0 Å². The molecule has 8 nitrogen and oxygen atoms in total. The molecule has 0 heterocycles. The lowest BCUT2D eigenvalue weighted by Crippen LogP contribution is -2.50. The van der Waals surface area contributed by atoms with Crippen molar-refractivity contribution in [3.8, 4) is 5.75 Å². The van der Waals surface area contributed by atoms with Gasteiger partial charge in [0.1, 0.15) is 18.3 Å². The Morgan fingerprint density at radius 3 is 2.19 bits per heavy atom. The van der Waals surface area contributed by atoms with Crippen molar-refractivity contribution >= 4 is 39.1 Å². The summed E-state index contributed by atoms with van der Waals surface area (Å²) in [5, 5.41) is 2.98. The first kappa shape index (κ1) is 28.0. The summed E-state index contributed by atoms with van der Waals surface area (Å²) in [5.74, 6) is -0.383. The van der Waals surface area contributed by atoms with E-state index >= 15 is 0 Å². The van der Waals surface area contributed by atoms with Gasteiger partial charge in [-0.25, -0.2) is 8.42 Å². The minimum absolute atomic E-state index is 0.0234. The molecule has 0 saturated heterocycles. The highest BCUT2D eigenvalue weighted by molar-refractivity contribution is 7.92. The van der Waals surface area contributed by atoms with Crippen LogP contribution in [0.25, 0.3) is 0 Å². The van der Waals surface area contributed by atoms with Gasteiger partial charge in [-0.05, 0) is 61.9 Å². The summed E-state index contributed by atoms with van der Waals surface area (Å²) in [4.78, 5) is 27.6. The molecule has 1 N–H and O–H groups in total. The third kappa shape index (κ3) is 6.81. The zero-order valence-electron chi connectivity index (χ0n) is 20.9. The fourth-order valence-electron chi connectivity index (χ4n) is 3.73. The molecule has 0 aromatic heterocycles. The molecule has 3 rings (SSSR count). The van der Waals surface area contributed by atoms with Crippen LogP contribution in [-0.4, -0.2) is 51.4 Å². The molecule has 0 saturated carbocycles. The maximum absolute atomic E-state index is 13.7. The molecular weight excluding hydrogens is 514 g/mol. The highest BCUT2D eigenvalue weighted by Gasteiger charge is 2.32. The average Bonchev–Trinajstić information content (AvgIpc) is 2.91. The van der Waals surface area contributed by atoms with Crippen molar-refractivity contribution in [2.24, 2.45) is 0 Å². The predicted octanol–water partition coefficient (Wildman–Crippen LogP) is 4.10. The van der Waals surface area contributed by atoms with Crippen LogP contribution in [0.4, 0.5) is 5.69 Å². The van der Waals surface area contributed by atoms with E-state index in [0.717, 1.165) is 4.31 Å². The van der Waals surface area contributed by atoms with Gasteiger partial charge in [0, 0.05) is 18.6 Å². The van der Waals surface area contributed by atoms with Crippen LogP contribution >= 0.6 is 11.6 Å². The molecule has 0 spiro atoms. The van der Waals surface area contributed by atoms with E-state index in [1.807, 2.05) is 6.92 Å². The van der Waals surface area contributed by atoms with Gasteiger partial charge in [-0.1, -0.05) is 48.0 Å². The highest BCUT2D eigenvalue weighted by atomic mass is 35.5. The molecule has 10 heteroatoms. The summed E-state index contributed by atoms with van der Waals surface area (Å²) in [5.41, 5.74) is 0.915. The monoisotopic (exact) mass is 543 g/mol. The van der Waals surface area contributed by atoms with Gasteiger partial charge in [0.25, 0.3) is 10.0 Å². The van der Waals surface area contributed by atoms with E-state index < -0.39 is 28.5 Å². The van der Waals surface area contributed by atoms with Gasteiger partial charge in [-0.15, -0.1) is 0 Å². The number of ether oxygens (including phenoxy) is 1. The second-order valence-corrected chi connectivity index (χ2v) is 10.4. The lowest BCUT2D eigenvalue weighted by atomic mass is 10.1. The molecule has 0 bridgehead atoms. The van der Waals surface area contributed by atoms with E-state index in [0.29, 0.717) is 22.9 Å². The van der Waals surface area contributed by atoms with Gasteiger partial charge in [0.05, 0.1) is 17.2 Å². The summed E-state index contributed by atoms with van der Waals surface area (Å²) in [6, 6.07) is 20.4. The molecule has 0 aliphatic heterocycles. The summed E-state index contributed by atoms with van der Waals surface area (Å²) in [6.45, 7) is 3.38. The molecule has 37 heavy (non-hydrogen) atoms. The second-order valence-electron chi connectivity index (χ2n) is 8.15. The van der Waals surface area contributed by atoms with Gasteiger partial charge in [0.15, 0.2) is 0 Å². The lowest BCUT2D eigenvalue weighted by Gasteiger charge is -2.32. The Morgan fingerprint density at radius 2 is 1.59 bits per heavy atom. The number of benzene rings is 3. The number of amides is 2. The molecule has 0 aliphatic rings. The van der Waals surface area contributed by atoms with Crippen molar-refractivity contribution in [1.82, 2.24) is 10.2 Å². The van der Waals surface area contributed by atoms with Crippen molar-refractivity contribution < 1.29 is 22.7 Å². The van der Waals surface area contributed by atoms with Gasteiger partial charge in [-0.2, -0.15) is 0 Å². The van der Waals surface area contributed by atoms with Crippen molar-refractivity contribution in [3.63, 3.8) is 0 Å². The summed E-state index contributed by atoms with van der Waals surface area (Å²) in [7, 11) is -2.65. The normalized spacial score (nSPS) is 11.9. The number of sulfonamides is 1. The van der Waals surface area contributed by atoms with Crippen LogP contribution in [0.5, 0.6) is 5.75 Å². The minimum atomic E-state index is -4.12. The number of carbonyl (C=O) groups is 2. The van der Waals surface area contributed by atoms with Crippen LogP contribution in [-0.2, 0) is 26.2 Å². The summed E-state index contributed by atoms with van der Waals surface area (Å²) < 4.78 is 33.9. The van der Waals surface area contributed by atoms with Crippen molar-refractivity contribution in [2.45, 2.75) is 31.3 Å². The third-order valence-electron chi connectivity index (χ3n) is 5.76. The fraction of sp³-hybridized carbons (Fsp3) is 0.259. The van der Waals surface area contributed by atoms with Gasteiger partial charge < -0.3 is 15.0 Å². The Kier molecular flexibility index (Phi) is 9.54. The van der Waals surface area contributed by atoms with E-state index in [1.54, 1.807) is 73.7 Å². The first-order chi connectivity index (χ1) is 17.7. The highest BCUT2D eigenvalue weighted by Crippen LogP contribution is 2.27. The van der Waals surface area contributed by atoms with Crippen LogP contribution in [0, 0.1) is 0 Å². The quantitative estimate of drug-likeness (QED) is 0.393. The standard InChI is InChI=1S/C27H30ClN3O5S/c1-4-36-23-16-14-22(15-17-23)31(37(34,35)24-11-6-5-7-12-24)19-26(32)30(20(2)27(33)29-3)18-21-10-8-9-13-25(21)28/h5-17,20H,4,18-19H2,1-3H3,(H,29,33). The summed E-state index contributed by atoms with van der Waals surface area (Å²) >= 11 is 6.33. The fourth-order valence-corrected chi connectivity index (χ4v) is 5.36. The van der Waals surface area contributed by atoms with E-state index in [9.17, 15) is 18.0 Å². The van der Waals surface area contributed by atoms with Crippen LogP contribution < -0.4 is 14.4 Å². The molecule has 0 aliphatic carbocycles. The Balaban J connectivity index is 2.02. The zero-order valence-corrected chi connectivity index (χ0v) is 22.5. The molecule has 0 fully saturated rings. The zero-order chi connectivity index (χ0) is 27.0. The number of anilines is 1. The Bertz CT molecular complexity index is 1320. The summed E-state index contributed by atoms with van der Waals surface area (Å²) in [6.07, 6.45) is 0. The smallest absolute Gasteiger partial charge is 0.264 e. The third-order valence-corrected chi connectivity index (χ3v) is 7.91. The minimum Gasteiger partial charge on any atom is -0.494 e. The number of rotatable bonds is 11. The van der Waals surface area contributed by atoms with E-state index in [1.165, 1.54) is 24.1 Å². The number of nitrogens with one attached hydrogen (secondary N) is 1. The number of hydrogen-bond donors (Lipinski definition) is 1. The maximum Gasteiger partial charge on any atom is 0.264 e. The Labute approximate surface area is 222 Å².